The number of likely N-dealkylation sites (N-methyl/N-ethyl adjacent to an activating group) is 1. The van der Waals surface area contributed by atoms with E-state index in [9.17, 15) is 14.0 Å². The predicted octanol–water partition coefficient (Wildman–Crippen LogP) is -0.254. The Labute approximate surface area is 108 Å². The predicted molar refractivity (Wildman–Crippen MR) is 62.9 cm³/mol. The molecule has 8 heteroatoms. The molecule has 1 aromatic heterocycles. The van der Waals surface area contributed by atoms with Crippen molar-refractivity contribution >= 4 is 17.9 Å². The summed E-state index contributed by atoms with van der Waals surface area (Å²) in [5.74, 6) is -0.403. The van der Waals surface area contributed by atoms with Crippen LogP contribution in [-0.2, 0) is 4.79 Å². The number of aromatic nitrogens is 2. The van der Waals surface area contributed by atoms with Crippen molar-refractivity contribution < 1.29 is 14.0 Å². The third kappa shape index (κ3) is 1.71. The van der Waals surface area contributed by atoms with Gasteiger partial charge in [0.1, 0.15) is 5.54 Å². The Morgan fingerprint density at radius 2 is 2.05 bits per heavy atom. The highest BCUT2D eigenvalue weighted by Gasteiger charge is 2.53. The molecule has 2 aliphatic rings. The SMILES string of the molecule is CN1C(=O)NC2(CCN(c3ncc(F)cn3)C2)C1=O. The number of hydrogen-bond acceptors (Lipinski definition) is 5. The fraction of sp³-hybridized carbons (Fsp3) is 0.455. The van der Waals surface area contributed by atoms with E-state index in [1.54, 1.807) is 4.90 Å². The second kappa shape index (κ2) is 3.87. The first kappa shape index (κ1) is 11.8. The number of hydrogen-bond donors (Lipinski definition) is 1. The normalized spacial score (nSPS) is 26.4. The molecule has 19 heavy (non-hydrogen) atoms. The summed E-state index contributed by atoms with van der Waals surface area (Å²) < 4.78 is 12.8. The highest BCUT2D eigenvalue weighted by atomic mass is 19.1. The molecule has 0 aromatic carbocycles. The first-order valence-electron chi connectivity index (χ1n) is 5.85. The Balaban J connectivity index is 1.83. The van der Waals surface area contributed by atoms with Crippen LogP contribution in [-0.4, -0.2) is 52.5 Å². The van der Waals surface area contributed by atoms with Crippen LogP contribution in [0.25, 0.3) is 0 Å². The molecule has 1 spiro atoms. The molecule has 0 radical (unpaired) electrons. The van der Waals surface area contributed by atoms with Gasteiger partial charge < -0.3 is 10.2 Å². The maximum atomic E-state index is 12.8. The number of carbonyl (C=O) groups excluding carboxylic acids is 2. The summed E-state index contributed by atoms with van der Waals surface area (Å²) in [6, 6.07) is -0.396. The van der Waals surface area contributed by atoms with Crippen LogP contribution in [0.3, 0.4) is 0 Å². The number of anilines is 1. The fourth-order valence-corrected chi connectivity index (χ4v) is 2.48. The van der Waals surface area contributed by atoms with Crippen LogP contribution < -0.4 is 10.2 Å². The molecule has 0 saturated carbocycles. The van der Waals surface area contributed by atoms with E-state index in [0.717, 1.165) is 17.3 Å². The largest absolute Gasteiger partial charge is 0.338 e. The number of amides is 3. The van der Waals surface area contributed by atoms with Gasteiger partial charge in [-0.1, -0.05) is 0 Å². The van der Waals surface area contributed by atoms with Crippen LogP contribution >= 0.6 is 0 Å². The van der Waals surface area contributed by atoms with E-state index in [1.807, 2.05) is 0 Å². The van der Waals surface area contributed by atoms with E-state index in [1.165, 1.54) is 7.05 Å². The lowest BCUT2D eigenvalue weighted by atomic mass is 9.99. The highest BCUT2D eigenvalue weighted by Crippen LogP contribution is 2.29. The maximum Gasteiger partial charge on any atom is 0.324 e. The van der Waals surface area contributed by atoms with Gasteiger partial charge in [-0.25, -0.2) is 19.2 Å². The molecule has 7 nitrogen and oxygen atoms in total. The van der Waals surface area contributed by atoms with Crippen LogP contribution in [0, 0.1) is 5.82 Å². The van der Waals surface area contributed by atoms with Crippen LogP contribution in [0.2, 0.25) is 0 Å². The molecule has 100 valence electrons. The average Bonchev–Trinajstić information content (AvgIpc) is 2.90. The number of nitrogens with one attached hydrogen (secondary N) is 1. The Hall–Kier alpha value is -2.25. The molecule has 0 aliphatic carbocycles. The molecular formula is C11H12FN5O2. The van der Waals surface area contributed by atoms with Crippen LogP contribution in [0.15, 0.2) is 12.4 Å². The Kier molecular flexibility index (Phi) is 2.41. The zero-order valence-electron chi connectivity index (χ0n) is 10.3. The Morgan fingerprint density at radius 3 is 2.63 bits per heavy atom. The van der Waals surface area contributed by atoms with Crippen molar-refractivity contribution in [2.45, 2.75) is 12.0 Å². The number of carbonyl (C=O) groups is 2. The van der Waals surface area contributed by atoms with Gasteiger partial charge in [0.05, 0.1) is 18.9 Å². The number of halogens is 1. The number of nitrogens with zero attached hydrogens (tertiary/aromatic N) is 4. The quantitative estimate of drug-likeness (QED) is 0.708. The summed E-state index contributed by atoms with van der Waals surface area (Å²) in [6.07, 6.45) is 2.64. The summed E-state index contributed by atoms with van der Waals surface area (Å²) >= 11 is 0. The minimum atomic E-state index is -0.899. The Morgan fingerprint density at radius 1 is 1.37 bits per heavy atom. The molecule has 1 atom stereocenters. The summed E-state index contributed by atoms with van der Waals surface area (Å²) in [4.78, 5) is 34.2. The fourth-order valence-electron chi connectivity index (χ4n) is 2.48. The van der Waals surface area contributed by atoms with Crippen molar-refractivity contribution in [1.82, 2.24) is 20.2 Å². The van der Waals surface area contributed by atoms with Crippen LogP contribution in [0.5, 0.6) is 0 Å². The topological polar surface area (TPSA) is 78.4 Å². The van der Waals surface area contributed by atoms with E-state index in [-0.39, 0.29) is 5.91 Å². The minimum absolute atomic E-state index is 0.248. The third-order valence-corrected chi connectivity index (χ3v) is 3.52. The lowest BCUT2D eigenvalue weighted by molar-refractivity contribution is -0.129. The average molecular weight is 265 g/mol. The first-order chi connectivity index (χ1) is 9.02. The van der Waals surface area contributed by atoms with E-state index in [2.05, 4.69) is 15.3 Å². The zero-order valence-corrected chi connectivity index (χ0v) is 10.3. The van der Waals surface area contributed by atoms with Gasteiger partial charge in [0.15, 0.2) is 5.82 Å². The van der Waals surface area contributed by atoms with Crippen molar-refractivity contribution in [3.05, 3.63) is 18.2 Å². The summed E-state index contributed by atoms with van der Waals surface area (Å²) in [6.45, 7) is 0.832. The van der Waals surface area contributed by atoms with Crippen molar-refractivity contribution in [2.24, 2.45) is 0 Å². The number of imide groups is 1. The zero-order chi connectivity index (χ0) is 13.6. The van der Waals surface area contributed by atoms with Gasteiger partial charge in [-0.3, -0.25) is 9.69 Å². The number of urea groups is 1. The van der Waals surface area contributed by atoms with Gasteiger partial charge in [-0.2, -0.15) is 0 Å². The molecule has 2 aliphatic heterocycles. The summed E-state index contributed by atoms with van der Waals surface area (Å²) in [5, 5.41) is 2.71. The van der Waals surface area contributed by atoms with Crippen LogP contribution in [0.4, 0.5) is 15.1 Å². The van der Waals surface area contributed by atoms with Gasteiger partial charge >= 0.3 is 6.03 Å². The van der Waals surface area contributed by atoms with E-state index in [0.29, 0.717) is 25.5 Å². The molecule has 1 N–H and O–H groups in total. The van der Waals surface area contributed by atoms with E-state index in [4.69, 9.17) is 0 Å². The van der Waals surface area contributed by atoms with Crippen molar-refractivity contribution in [3.8, 4) is 0 Å². The minimum Gasteiger partial charge on any atom is -0.338 e. The van der Waals surface area contributed by atoms with Gasteiger partial charge in [0.2, 0.25) is 5.95 Å². The number of rotatable bonds is 1. The summed E-state index contributed by atoms with van der Waals surface area (Å²) in [5.41, 5.74) is -0.899. The smallest absolute Gasteiger partial charge is 0.324 e. The third-order valence-electron chi connectivity index (χ3n) is 3.52. The molecule has 3 rings (SSSR count). The molecule has 2 saturated heterocycles. The molecule has 1 unspecified atom stereocenters. The van der Waals surface area contributed by atoms with Gasteiger partial charge in [-0.05, 0) is 6.42 Å². The second-order valence-corrected chi connectivity index (χ2v) is 4.75. The van der Waals surface area contributed by atoms with E-state index < -0.39 is 17.4 Å². The Bertz CT molecular complexity index is 549. The lowest BCUT2D eigenvalue weighted by Gasteiger charge is -2.21. The van der Waals surface area contributed by atoms with Crippen molar-refractivity contribution in [2.75, 3.05) is 25.0 Å². The molecular weight excluding hydrogens is 253 g/mol. The van der Waals surface area contributed by atoms with Crippen LogP contribution in [0.1, 0.15) is 6.42 Å². The highest BCUT2D eigenvalue weighted by molar-refractivity contribution is 6.07. The monoisotopic (exact) mass is 265 g/mol. The standard InChI is InChI=1S/C11H12FN5O2/c1-16-8(18)11(15-10(16)19)2-3-17(6-11)9-13-4-7(12)5-14-9/h4-5H,2-3,6H2,1H3,(H,15,19). The molecule has 0 bridgehead atoms. The van der Waals surface area contributed by atoms with Gasteiger partial charge in [0.25, 0.3) is 5.91 Å². The lowest BCUT2D eigenvalue weighted by Crippen LogP contribution is -2.49. The maximum absolute atomic E-state index is 12.8. The van der Waals surface area contributed by atoms with Crippen molar-refractivity contribution in [1.29, 1.82) is 0 Å². The van der Waals surface area contributed by atoms with Gasteiger partial charge in [0, 0.05) is 13.6 Å². The van der Waals surface area contributed by atoms with Gasteiger partial charge in [-0.15, -0.1) is 0 Å². The van der Waals surface area contributed by atoms with E-state index >= 15 is 0 Å². The summed E-state index contributed by atoms with van der Waals surface area (Å²) in [7, 11) is 1.45. The molecule has 1 aromatic rings. The first-order valence-corrected chi connectivity index (χ1v) is 5.85. The molecule has 3 heterocycles. The molecule has 3 amide bonds. The van der Waals surface area contributed by atoms with Crippen molar-refractivity contribution in [3.63, 3.8) is 0 Å². The second-order valence-electron chi connectivity index (χ2n) is 4.75. The molecule has 2 fully saturated rings.